The number of aromatic nitrogens is 2. The van der Waals surface area contributed by atoms with Crippen molar-refractivity contribution >= 4 is 5.91 Å². The van der Waals surface area contributed by atoms with E-state index in [0.29, 0.717) is 18.9 Å². The summed E-state index contributed by atoms with van der Waals surface area (Å²) >= 11 is 0. The topological polar surface area (TPSA) is 60.5 Å². The van der Waals surface area contributed by atoms with Crippen LogP contribution in [-0.4, -0.2) is 40.6 Å². The van der Waals surface area contributed by atoms with Crippen LogP contribution in [-0.2, 0) is 17.7 Å². The Balaban J connectivity index is 1.81. The smallest absolute Gasteiger partial charge is 0.290 e. The molecule has 3 heterocycles. The minimum absolute atomic E-state index is 0.0624. The molecule has 0 saturated heterocycles. The number of carbonyl (C=O) groups excluding carboxylic acids is 1. The average Bonchev–Trinajstić information content (AvgIpc) is 3.15. The molecular formula is C15H19N3O3. The molecule has 1 amide bonds. The highest BCUT2D eigenvalue weighted by Crippen LogP contribution is 2.27. The predicted octanol–water partition coefficient (Wildman–Crippen LogP) is 1.88. The molecule has 2 aromatic rings. The number of amides is 1. The lowest BCUT2D eigenvalue weighted by Crippen LogP contribution is -2.41. The van der Waals surface area contributed by atoms with Crippen LogP contribution in [0.3, 0.4) is 0 Å². The number of methoxy groups -OCH3 is 1. The van der Waals surface area contributed by atoms with E-state index < -0.39 is 0 Å². The third kappa shape index (κ3) is 2.47. The van der Waals surface area contributed by atoms with Crippen LogP contribution in [0.2, 0.25) is 0 Å². The van der Waals surface area contributed by atoms with E-state index in [9.17, 15) is 4.79 Å². The summed E-state index contributed by atoms with van der Waals surface area (Å²) in [6.07, 6.45) is 4.24. The molecule has 112 valence electrons. The van der Waals surface area contributed by atoms with Crippen molar-refractivity contribution in [2.24, 2.45) is 0 Å². The van der Waals surface area contributed by atoms with Gasteiger partial charge in [-0.15, -0.1) is 0 Å². The van der Waals surface area contributed by atoms with Crippen molar-refractivity contribution in [2.45, 2.75) is 25.9 Å². The molecule has 0 unspecified atom stereocenters. The minimum Gasteiger partial charge on any atom is -0.459 e. The summed E-state index contributed by atoms with van der Waals surface area (Å²) in [5.74, 6) is 1.22. The third-order valence-corrected chi connectivity index (χ3v) is 3.93. The summed E-state index contributed by atoms with van der Waals surface area (Å²) in [7, 11) is 1.69. The van der Waals surface area contributed by atoms with Crippen molar-refractivity contribution in [2.75, 3.05) is 20.3 Å². The van der Waals surface area contributed by atoms with Gasteiger partial charge in [-0.3, -0.25) is 4.79 Å². The van der Waals surface area contributed by atoms with Gasteiger partial charge < -0.3 is 18.6 Å². The Morgan fingerprint density at radius 3 is 3.10 bits per heavy atom. The fourth-order valence-electron chi connectivity index (χ4n) is 2.78. The van der Waals surface area contributed by atoms with E-state index in [0.717, 1.165) is 24.5 Å². The van der Waals surface area contributed by atoms with E-state index >= 15 is 0 Å². The van der Waals surface area contributed by atoms with Gasteiger partial charge in [-0.1, -0.05) is 0 Å². The normalized spacial score (nSPS) is 17.8. The summed E-state index contributed by atoms with van der Waals surface area (Å²) in [5, 5.41) is 0. The van der Waals surface area contributed by atoms with Gasteiger partial charge in [0.1, 0.15) is 5.82 Å². The lowest BCUT2D eigenvalue weighted by atomic mass is 10.2. The summed E-state index contributed by atoms with van der Waals surface area (Å²) in [6.45, 7) is 4.09. The van der Waals surface area contributed by atoms with Crippen LogP contribution in [0.5, 0.6) is 0 Å². The Bertz CT molecular complexity index is 618. The third-order valence-electron chi connectivity index (χ3n) is 3.93. The van der Waals surface area contributed by atoms with Crippen molar-refractivity contribution in [3.8, 4) is 0 Å². The van der Waals surface area contributed by atoms with E-state index in [2.05, 4.69) is 9.55 Å². The maximum absolute atomic E-state index is 12.4. The molecule has 0 aromatic carbocycles. The molecule has 2 aromatic heterocycles. The van der Waals surface area contributed by atoms with Crippen molar-refractivity contribution in [3.63, 3.8) is 0 Å². The Morgan fingerprint density at radius 2 is 2.38 bits per heavy atom. The van der Waals surface area contributed by atoms with Crippen LogP contribution in [0.1, 0.15) is 35.0 Å². The van der Waals surface area contributed by atoms with Gasteiger partial charge in [0.2, 0.25) is 0 Å². The van der Waals surface area contributed by atoms with Crippen molar-refractivity contribution < 1.29 is 13.9 Å². The number of rotatable bonds is 4. The molecule has 6 heteroatoms. The zero-order valence-electron chi connectivity index (χ0n) is 12.3. The van der Waals surface area contributed by atoms with E-state index in [4.69, 9.17) is 9.15 Å². The molecule has 6 nitrogen and oxygen atoms in total. The van der Waals surface area contributed by atoms with Crippen molar-refractivity contribution in [1.29, 1.82) is 0 Å². The highest BCUT2D eigenvalue weighted by molar-refractivity contribution is 5.91. The van der Waals surface area contributed by atoms with Crippen LogP contribution in [0.4, 0.5) is 0 Å². The standard InChI is InChI=1S/C15H19N3O3/c1-11-14-16-10-12(5-9-20-2)18(14)7-6-17(11)15(19)13-4-3-8-21-13/h3-4,8,10-11H,5-7,9H2,1-2H3/t11-/m1/s1. The number of furan rings is 1. The highest BCUT2D eigenvalue weighted by Gasteiger charge is 2.31. The first-order valence-corrected chi connectivity index (χ1v) is 7.10. The van der Waals surface area contributed by atoms with Crippen LogP contribution in [0.25, 0.3) is 0 Å². The first-order valence-electron chi connectivity index (χ1n) is 7.10. The molecule has 1 aliphatic heterocycles. The maximum atomic E-state index is 12.4. The van der Waals surface area contributed by atoms with Gasteiger partial charge >= 0.3 is 0 Å². The van der Waals surface area contributed by atoms with Gasteiger partial charge in [0.25, 0.3) is 5.91 Å². The van der Waals surface area contributed by atoms with Gasteiger partial charge in [0.05, 0.1) is 18.9 Å². The van der Waals surface area contributed by atoms with Gasteiger partial charge in [0, 0.05) is 38.5 Å². The molecule has 21 heavy (non-hydrogen) atoms. The monoisotopic (exact) mass is 289 g/mol. The van der Waals surface area contributed by atoms with E-state index in [-0.39, 0.29) is 11.9 Å². The fourth-order valence-corrected chi connectivity index (χ4v) is 2.78. The van der Waals surface area contributed by atoms with Crippen LogP contribution in [0.15, 0.2) is 29.0 Å². The Morgan fingerprint density at radius 1 is 1.52 bits per heavy atom. The molecule has 0 fully saturated rings. The van der Waals surface area contributed by atoms with Crippen LogP contribution >= 0.6 is 0 Å². The fraction of sp³-hybridized carbons (Fsp3) is 0.467. The number of imidazole rings is 1. The quantitative estimate of drug-likeness (QED) is 0.862. The van der Waals surface area contributed by atoms with Gasteiger partial charge in [-0.2, -0.15) is 0 Å². The number of fused-ring (bicyclic) bond motifs is 1. The molecule has 0 N–H and O–H groups in total. The van der Waals surface area contributed by atoms with E-state index in [1.807, 2.05) is 13.1 Å². The minimum atomic E-state index is -0.0832. The molecule has 1 aliphatic rings. The lowest BCUT2D eigenvalue weighted by Gasteiger charge is -2.33. The molecule has 1 atom stereocenters. The Kier molecular flexibility index (Phi) is 3.79. The molecule has 0 aliphatic carbocycles. The van der Waals surface area contributed by atoms with Gasteiger partial charge in [0.15, 0.2) is 5.76 Å². The second kappa shape index (κ2) is 5.73. The first kappa shape index (κ1) is 13.9. The second-order valence-corrected chi connectivity index (χ2v) is 5.15. The first-order chi connectivity index (χ1) is 10.2. The molecule has 0 spiro atoms. The maximum Gasteiger partial charge on any atom is 0.290 e. The number of nitrogens with zero attached hydrogens (tertiary/aromatic N) is 3. The average molecular weight is 289 g/mol. The highest BCUT2D eigenvalue weighted by atomic mass is 16.5. The summed E-state index contributed by atoms with van der Waals surface area (Å²) in [4.78, 5) is 18.7. The second-order valence-electron chi connectivity index (χ2n) is 5.15. The Hall–Kier alpha value is -2.08. The van der Waals surface area contributed by atoms with Gasteiger partial charge in [-0.05, 0) is 19.1 Å². The zero-order chi connectivity index (χ0) is 14.8. The molecular weight excluding hydrogens is 270 g/mol. The van der Waals surface area contributed by atoms with Crippen molar-refractivity contribution in [3.05, 3.63) is 41.9 Å². The number of ether oxygens (including phenoxy) is 1. The summed E-state index contributed by atoms with van der Waals surface area (Å²) in [5.41, 5.74) is 1.16. The predicted molar refractivity (Wildman–Crippen MR) is 76.0 cm³/mol. The van der Waals surface area contributed by atoms with Crippen LogP contribution < -0.4 is 0 Å². The number of carbonyl (C=O) groups is 1. The number of hydrogen-bond acceptors (Lipinski definition) is 4. The Labute approximate surface area is 123 Å². The molecule has 0 saturated carbocycles. The zero-order valence-corrected chi connectivity index (χ0v) is 12.3. The molecule has 3 rings (SSSR count). The largest absolute Gasteiger partial charge is 0.459 e. The SMILES string of the molecule is COCCc1cnc2n1CCN(C(=O)c1ccco1)[C@@H]2C. The lowest BCUT2D eigenvalue weighted by molar-refractivity contribution is 0.0603. The molecule has 0 bridgehead atoms. The van der Waals surface area contributed by atoms with E-state index in [1.165, 1.54) is 6.26 Å². The summed E-state index contributed by atoms with van der Waals surface area (Å²) in [6, 6.07) is 3.36. The summed E-state index contributed by atoms with van der Waals surface area (Å²) < 4.78 is 12.5. The molecule has 0 radical (unpaired) electrons. The van der Waals surface area contributed by atoms with Crippen LogP contribution in [0, 0.1) is 0 Å². The number of hydrogen-bond donors (Lipinski definition) is 0. The van der Waals surface area contributed by atoms with Gasteiger partial charge in [-0.25, -0.2) is 4.98 Å². The van der Waals surface area contributed by atoms with E-state index in [1.54, 1.807) is 24.1 Å². The van der Waals surface area contributed by atoms with Crippen molar-refractivity contribution in [1.82, 2.24) is 14.5 Å².